The summed E-state index contributed by atoms with van der Waals surface area (Å²) in [5.74, 6) is 0.514. The first-order chi connectivity index (χ1) is 16.3. The number of para-hydroxylation sites is 1. The van der Waals surface area contributed by atoms with E-state index in [1.165, 1.54) is 4.31 Å². The van der Waals surface area contributed by atoms with E-state index in [2.05, 4.69) is 10.6 Å². The van der Waals surface area contributed by atoms with Gasteiger partial charge in [-0.3, -0.25) is 13.9 Å². The quantitative estimate of drug-likeness (QED) is 0.469. The van der Waals surface area contributed by atoms with Crippen molar-refractivity contribution in [3.63, 3.8) is 0 Å². The number of ether oxygens (including phenoxy) is 2. The van der Waals surface area contributed by atoms with E-state index in [1.807, 2.05) is 6.92 Å². The average molecular weight is 490 g/mol. The predicted octanol–water partition coefficient (Wildman–Crippen LogP) is 3.17. The number of amides is 2. The SMILES string of the molecule is CCCCNC(=O)c1ccccc1NC(=O)CCCN(c1ccc2c(c1)OCCO2)S(C)(=O)=O. The summed E-state index contributed by atoms with van der Waals surface area (Å²) in [6.07, 6.45) is 3.34. The first-order valence-electron chi connectivity index (χ1n) is 11.3. The van der Waals surface area contributed by atoms with Crippen LogP contribution >= 0.6 is 0 Å². The van der Waals surface area contributed by atoms with Crippen molar-refractivity contribution in [2.24, 2.45) is 0 Å². The van der Waals surface area contributed by atoms with Crippen LogP contribution in [0.4, 0.5) is 11.4 Å². The maximum atomic E-state index is 12.6. The molecule has 0 radical (unpaired) electrons. The van der Waals surface area contributed by atoms with E-state index >= 15 is 0 Å². The number of fused-ring (bicyclic) bond motifs is 1. The van der Waals surface area contributed by atoms with Crippen molar-refractivity contribution in [1.82, 2.24) is 5.32 Å². The molecule has 2 aromatic rings. The number of anilines is 2. The molecule has 0 saturated carbocycles. The van der Waals surface area contributed by atoms with Gasteiger partial charge in [0.2, 0.25) is 15.9 Å². The number of carbonyl (C=O) groups excluding carboxylic acids is 2. The van der Waals surface area contributed by atoms with E-state index in [0.29, 0.717) is 48.2 Å². The lowest BCUT2D eigenvalue weighted by molar-refractivity contribution is -0.116. The van der Waals surface area contributed by atoms with Gasteiger partial charge < -0.3 is 20.1 Å². The molecule has 2 N–H and O–H groups in total. The maximum absolute atomic E-state index is 12.6. The third kappa shape index (κ3) is 6.86. The van der Waals surface area contributed by atoms with Gasteiger partial charge in [0.1, 0.15) is 13.2 Å². The Morgan fingerprint density at radius 1 is 1.03 bits per heavy atom. The standard InChI is InChI=1S/C24H31N3O6S/c1-3-4-13-25-24(29)19-8-5-6-9-20(19)26-23(28)10-7-14-27(34(2,30)31)18-11-12-21-22(17-18)33-16-15-32-21/h5-6,8-9,11-12,17H,3-4,7,10,13-16H2,1-2H3,(H,25,29)(H,26,28). The van der Waals surface area contributed by atoms with E-state index < -0.39 is 10.0 Å². The number of benzene rings is 2. The molecule has 2 amide bonds. The molecule has 0 aromatic heterocycles. The Morgan fingerprint density at radius 3 is 2.50 bits per heavy atom. The van der Waals surface area contributed by atoms with Crippen molar-refractivity contribution in [2.45, 2.75) is 32.6 Å². The predicted molar refractivity (Wildman–Crippen MR) is 131 cm³/mol. The van der Waals surface area contributed by atoms with Gasteiger partial charge in [-0.2, -0.15) is 0 Å². The monoisotopic (exact) mass is 489 g/mol. The first-order valence-corrected chi connectivity index (χ1v) is 13.2. The number of hydrogen-bond acceptors (Lipinski definition) is 6. The highest BCUT2D eigenvalue weighted by Crippen LogP contribution is 2.34. The van der Waals surface area contributed by atoms with E-state index in [-0.39, 0.29) is 31.2 Å². The van der Waals surface area contributed by atoms with Gasteiger partial charge in [0.05, 0.1) is 23.2 Å². The number of carbonyl (C=O) groups is 2. The molecule has 1 aliphatic heterocycles. The van der Waals surface area contributed by atoms with Crippen LogP contribution in [-0.2, 0) is 14.8 Å². The highest BCUT2D eigenvalue weighted by molar-refractivity contribution is 7.92. The molecule has 0 unspecified atom stereocenters. The first kappa shape index (κ1) is 25.4. The lowest BCUT2D eigenvalue weighted by Crippen LogP contribution is -2.31. The van der Waals surface area contributed by atoms with Crippen LogP contribution in [0.3, 0.4) is 0 Å². The Kier molecular flexibility index (Phi) is 8.75. The Hall–Kier alpha value is -3.27. The number of sulfonamides is 1. The van der Waals surface area contributed by atoms with Crippen LogP contribution in [0.25, 0.3) is 0 Å². The third-order valence-corrected chi connectivity index (χ3v) is 6.43. The Bertz CT molecular complexity index is 1120. The Balaban J connectivity index is 1.61. The van der Waals surface area contributed by atoms with E-state index in [4.69, 9.17) is 9.47 Å². The smallest absolute Gasteiger partial charge is 0.253 e. The number of nitrogens with zero attached hydrogens (tertiary/aromatic N) is 1. The molecule has 10 heteroatoms. The van der Waals surface area contributed by atoms with Crippen molar-refractivity contribution in [2.75, 3.05) is 42.2 Å². The van der Waals surface area contributed by atoms with Gasteiger partial charge in [-0.05, 0) is 37.1 Å². The highest BCUT2D eigenvalue weighted by atomic mass is 32.2. The molecule has 0 bridgehead atoms. The van der Waals surface area contributed by atoms with Crippen LogP contribution in [0, 0.1) is 0 Å². The molecule has 0 fully saturated rings. The van der Waals surface area contributed by atoms with Crippen LogP contribution < -0.4 is 24.4 Å². The number of hydrogen-bond donors (Lipinski definition) is 2. The second kappa shape index (κ2) is 11.7. The summed E-state index contributed by atoms with van der Waals surface area (Å²) in [5.41, 5.74) is 1.26. The summed E-state index contributed by atoms with van der Waals surface area (Å²) in [4.78, 5) is 25.0. The number of rotatable bonds is 11. The van der Waals surface area contributed by atoms with Gasteiger partial charge in [0.15, 0.2) is 11.5 Å². The molecule has 34 heavy (non-hydrogen) atoms. The summed E-state index contributed by atoms with van der Waals surface area (Å²) in [6, 6.07) is 11.8. The molecule has 0 saturated heterocycles. The zero-order valence-corrected chi connectivity index (χ0v) is 20.3. The fraction of sp³-hybridized carbons (Fsp3) is 0.417. The van der Waals surface area contributed by atoms with Crippen LogP contribution in [0.1, 0.15) is 43.0 Å². The van der Waals surface area contributed by atoms with Crippen LogP contribution in [0.5, 0.6) is 11.5 Å². The minimum Gasteiger partial charge on any atom is -0.486 e. The minimum atomic E-state index is -3.58. The largest absolute Gasteiger partial charge is 0.486 e. The normalized spacial score (nSPS) is 12.6. The second-order valence-electron chi connectivity index (χ2n) is 7.97. The Labute approximate surface area is 200 Å². The van der Waals surface area contributed by atoms with Crippen LogP contribution in [0.2, 0.25) is 0 Å². The van der Waals surface area contributed by atoms with Crippen molar-refractivity contribution in [3.8, 4) is 11.5 Å². The summed E-state index contributed by atoms with van der Waals surface area (Å²) in [7, 11) is -3.58. The second-order valence-corrected chi connectivity index (χ2v) is 9.88. The molecule has 1 aliphatic rings. The van der Waals surface area contributed by atoms with Gasteiger partial charge in [-0.1, -0.05) is 25.5 Å². The van der Waals surface area contributed by atoms with E-state index in [1.54, 1.807) is 42.5 Å². The zero-order valence-electron chi connectivity index (χ0n) is 19.5. The molecular weight excluding hydrogens is 458 g/mol. The lowest BCUT2D eigenvalue weighted by Gasteiger charge is -2.25. The lowest BCUT2D eigenvalue weighted by atomic mass is 10.1. The third-order valence-electron chi connectivity index (χ3n) is 5.24. The van der Waals surface area contributed by atoms with Crippen molar-refractivity contribution >= 4 is 33.2 Å². The van der Waals surface area contributed by atoms with Gasteiger partial charge in [0, 0.05) is 25.6 Å². The Morgan fingerprint density at radius 2 is 1.76 bits per heavy atom. The molecule has 184 valence electrons. The van der Waals surface area contributed by atoms with Crippen molar-refractivity contribution < 1.29 is 27.5 Å². The molecular formula is C24H31N3O6S. The van der Waals surface area contributed by atoms with E-state index in [9.17, 15) is 18.0 Å². The molecule has 9 nitrogen and oxygen atoms in total. The highest BCUT2D eigenvalue weighted by Gasteiger charge is 2.21. The summed E-state index contributed by atoms with van der Waals surface area (Å²) < 4.78 is 37.1. The van der Waals surface area contributed by atoms with Gasteiger partial charge in [-0.15, -0.1) is 0 Å². The number of unbranched alkanes of at least 4 members (excludes halogenated alkanes) is 1. The fourth-order valence-corrected chi connectivity index (χ4v) is 4.49. The fourth-order valence-electron chi connectivity index (χ4n) is 3.53. The molecule has 2 aromatic carbocycles. The average Bonchev–Trinajstić information content (AvgIpc) is 2.81. The van der Waals surface area contributed by atoms with Crippen molar-refractivity contribution in [1.29, 1.82) is 0 Å². The zero-order chi connectivity index (χ0) is 24.6. The minimum absolute atomic E-state index is 0.0857. The molecule has 1 heterocycles. The van der Waals surface area contributed by atoms with Gasteiger partial charge in [0.25, 0.3) is 5.91 Å². The molecule has 0 atom stereocenters. The maximum Gasteiger partial charge on any atom is 0.253 e. The topological polar surface area (TPSA) is 114 Å². The molecule has 0 aliphatic carbocycles. The van der Waals surface area contributed by atoms with Crippen molar-refractivity contribution in [3.05, 3.63) is 48.0 Å². The van der Waals surface area contributed by atoms with E-state index in [0.717, 1.165) is 19.1 Å². The van der Waals surface area contributed by atoms with Gasteiger partial charge in [-0.25, -0.2) is 8.42 Å². The number of nitrogens with one attached hydrogen (secondary N) is 2. The summed E-state index contributed by atoms with van der Waals surface area (Å²) in [5, 5.41) is 5.62. The summed E-state index contributed by atoms with van der Waals surface area (Å²) >= 11 is 0. The van der Waals surface area contributed by atoms with Crippen LogP contribution in [-0.4, -0.2) is 52.8 Å². The van der Waals surface area contributed by atoms with Crippen LogP contribution in [0.15, 0.2) is 42.5 Å². The molecule has 0 spiro atoms. The summed E-state index contributed by atoms with van der Waals surface area (Å²) in [6.45, 7) is 3.57. The molecule has 3 rings (SSSR count). The van der Waals surface area contributed by atoms with Gasteiger partial charge >= 0.3 is 0 Å².